The van der Waals surface area contributed by atoms with Crippen molar-refractivity contribution in [3.05, 3.63) is 47.0 Å². The normalized spacial score (nSPS) is 12.7. The van der Waals surface area contributed by atoms with E-state index in [1.165, 1.54) is 12.1 Å². The number of aromatic nitrogens is 2. The van der Waals surface area contributed by atoms with E-state index in [1.807, 2.05) is 6.92 Å². The van der Waals surface area contributed by atoms with Crippen molar-refractivity contribution in [2.75, 3.05) is 0 Å². The van der Waals surface area contributed by atoms with Crippen LogP contribution in [0, 0.1) is 12.7 Å². The molecule has 1 aromatic carbocycles. The summed E-state index contributed by atoms with van der Waals surface area (Å²) in [5, 5.41) is 0. The molecular formula is C10H11FN4S. The highest BCUT2D eigenvalue weighted by molar-refractivity contribution is 6.99. The number of nitrogens with one attached hydrogen (secondary N) is 1. The number of nitrogens with zero attached hydrogens (tertiary/aromatic N) is 2. The van der Waals surface area contributed by atoms with Crippen LogP contribution in [0.4, 0.5) is 4.39 Å². The van der Waals surface area contributed by atoms with Gasteiger partial charge in [-0.25, -0.2) is 9.82 Å². The van der Waals surface area contributed by atoms with Gasteiger partial charge in [0.05, 0.1) is 29.7 Å². The molecule has 0 radical (unpaired) electrons. The number of rotatable bonds is 3. The lowest BCUT2D eigenvalue weighted by molar-refractivity contribution is 0.597. The molecule has 1 atom stereocenters. The first kappa shape index (κ1) is 11.1. The number of hydrazine groups is 1. The van der Waals surface area contributed by atoms with Gasteiger partial charge in [0, 0.05) is 0 Å². The van der Waals surface area contributed by atoms with Crippen molar-refractivity contribution in [1.29, 1.82) is 0 Å². The third kappa shape index (κ3) is 2.08. The molecule has 0 aliphatic rings. The molecule has 0 aliphatic heterocycles. The SMILES string of the molecule is Cc1ccc(F)cc1C(NN)c1cnsn1. The van der Waals surface area contributed by atoms with Crippen LogP contribution >= 0.6 is 11.7 Å². The Kier molecular flexibility index (Phi) is 3.23. The fourth-order valence-electron chi connectivity index (χ4n) is 1.56. The van der Waals surface area contributed by atoms with E-state index in [1.54, 1.807) is 12.3 Å². The molecule has 1 aromatic heterocycles. The summed E-state index contributed by atoms with van der Waals surface area (Å²) < 4.78 is 21.2. The lowest BCUT2D eigenvalue weighted by Crippen LogP contribution is -2.29. The Balaban J connectivity index is 2.44. The summed E-state index contributed by atoms with van der Waals surface area (Å²) in [5.41, 5.74) is 5.05. The average molecular weight is 238 g/mol. The van der Waals surface area contributed by atoms with Crippen molar-refractivity contribution in [3.63, 3.8) is 0 Å². The van der Waals surface area contributed by atoms with E-state index in [4.69, 9.17) is 5.84 Å². The topological polar surface area (TPSA) is 63.8 Å². The summed E-state index contributed by atoms with van der Waals surface area (Å²) >= 11 is 1.10. The van der Waals surface area contributed by atoms with Gasteiger partial charge in [0.15, 0.2) is 0 Å². The van der Waals surface area contributed by atoms with Crippen molar-refractivity contribution in [2.45, 2.75) is 13.0 Å². The van der Waals surface area contributed by atoms with Gasteiger partial charge >= 0.3 is 0 Å². The molecular weight excluding hydrogens is 227 g/mol. The number of aryl methyl sites for hydroxylation is 1. The fourth-order valence-corrected chi connectivity index (χ4v) is 2.01. The largest absolute Gasteiger partial charge is 0.271 e. The highest BCUT2D eigenvalue weighted by Crippen LogP contribution is 2.23. The lowest BCUT2D eigenvalue weighted by Gasteiger charge is -2.15. The molecule has 2 rings (SSSR count). The first-order valence-electron chi connectivity index (χ1n) is 4.72. The van der Waals surface area contributed by atoms with Crippen molar-refractivity contribution in [1.82, 2.24) is 14.2 Å². The maximum Gasteiger partial charge on any atom is 0.123 e. The van der Waals surface area contributed by atoms with Crippen LogP contribution in [0.2, 0.25) is 0 Å². The highest BCUT2D eigenvalue weighted by atomic mass is 32.1. The second kappa shape index (κ2) is 4.65. The predicted molar refractivity (Wildman–Crippen MR) is 60.2 cm³/mol. The van der Waals surface area contributed by atoms with Gasteiger partial charge < -0.3 is 0 Å². The van der Waals surface area contributed by atoms with E-state index in [0.29, 0.717) is 5.69 Å². The van der Waals surface area contributed by atoms with Crippen LogP contribution in [-0.2, 0) is 0 Å². The number of nitrogens with two attached hydrogens (primary N) is 1. The zero-order valence-electron chi connectivity index (χ0n) is 8.64. The van der Waals surface area contributed by atoms with Crippen molar-refractivity contribution >= 4 is 11.7 Å². The summed E-state index contributed by atoms with van der Waals surface area (Å²) in [6.45, 7) is 1.90. The van der Waals surface area contributed by atoms with Gasteiger partial charge in [-0.2, -0.15) is 8.75 Å². The van der Waals surface area contributed by atoms with Gasteiger partial charge in [0.1, 0.15) is 5.82 Å². The van der Waals surface area contributed by atoms with E-state index in [0.717, 1.165) is 22.9 Å². The lowest BCUT2D eigenvalue weighted by atomic mass is 9.99. The van der Waals surface area contributed by atoms with Gasteiger partial charge in [-0.3, -0.25) is 5.84 Å². The zero-order chi connectivity index (χ0) is 11.5. The molecule has 0 bridgehead atoms. The molecule has 1 heterocycles. The van der Waals surface area contributed by atoms with Crippen LogP contribution in [0.3, 0.4) is 0 Å². The molecule has 4 nitrogen and oxygen atoms in total. The second-order valence-corrected chi connectivity index (χ2v) is 3.99. The minimum Gasteiger partial charge on any atom is -0.271 e. The van der Waals surface area contributed by atoms with E-state index >= 15 is 0 Å². The van der Waals surface area contributed by atoms with Crippen LogP contribution in [0.25, 0.3) is 0 Å². The molecule has 0 spiro atoms. The minimum atomic E-state index is -0.325. The number of benzene rings is 1. The van der Waals surface area contributed by atoms with Gasteiger partial charge in [0.25, 0.3) is 0 Å². The number of hydrogen-bond donors (Lipinski definition) is 2. The Hall–Kier alpha value is -1.37. The van der Waals surface area contributed by atoms with Crippen molar-refractivity contribution < 1.29 is 4.39 Å². The zero-order valence-corrected chi connectivity index (χ0v) is 9.46. The Morgan fingerprint density at radius 2 is 2.31 bits per heavy atom. The summed E-state index contributed by atoms with van der Waals surface area (Å²) in [6, 6.07) is 4.27. The van der Waals surface area contributed by atoms with Crippen molar-refractivity contribution in [2.24, 2.45) is 5.84 Å². The van der Waals surface area contributed by atoms with Crippen molar-refractivity contribution in [3.8, 4) is 0 Å². The molecule has 16 heavy (non-hydrogen) atoms. The van der Waals surface area contributed by atoms with Crippen LogP contribution in [0.5, 0.6) is 0 Å². The van der Waals surface area contributed by atoms with Gasteiger partial charge in [0.2, 0.25) is 0 Å². The first-order valence-corrected chi connectivity index (χ1v) is 5.45. The maximum absolute atomic E-state index is 13.2. The van der Waals surface area contributed by atoms with E-state index in [2.05, 4.69) is 14.2 Å². The molecule has 0 aliphatic carbocycles. The monoisotopic (exact) mass is 238 g/mol. The summed E-state index contributed by atoms with van der Waals surface area (Å²) in [7, 11) is 0. The number of hydrogen-bond acceptors (Lipinski definition) is 5. The summed E-state index contributed by atoms with van der Waals surface area (Å²) in [4.78, 5) is 0. The molecule has 0 saturated heterocycles. The molecule has 0 fully saturated rings. The van der Waals surface area contributed by atoms with E-state index < -0.39 is 0 Å². The smallest absolute Gasteiger partial charge is 0.123 e. The van der Waals surface area contributed by atoms with Gasteiger partial charge in [-0.05, 0) is 30.2 Å². The van der Waals surface area contributed by atoms with E-state index in [-0.39, 0.29) is 11.9 Å². The van der Waals surface area contributed by atoms with Crippen LogP contribution in [-0.4, -0.2) is 8.75 Å². The first-order chi connectivity index (χ1) is 7.72. The maximum atomic E-state index is 13.2. The number of halogens is 1. The van der Waals surface area contributed by atoms with Crippen LogP contribution in [0.15, 0.2) is 24.4 Å². The Morgan fingerprint density at radius 3 is 2.94 bits per heavy atom. The average Bonchev–Trinajstić information content (AvgIpc) is 2.78. The standard InChI is InChI=1S/C10H11FN4S/c1-6-2-3-7(11)4-8(6)10(14-12)9-5-13-16-15-9/h2-5,10,14H,12H2,1H3. The highest BCUT2D eigenvalue weighted by Gasteiger charge is 2.17. The molecule has 0 amide bonds. The molecule has 2 aromatic rings. The van der Waals surface area contributed by atoms with E-state index in [9.17, 15) is 4.39 Å². The second-order valence-electron chi connectivity index (χ2n) is 3.43. The third-order valence-electron chi connectivity index (χ3n) is 2.39. The Bertz CT molecular complexity index is 472. The van der Waals surface area contributed by atoms with Crippen LogP contribution < -0.4 is 11.3 Å². The van der Waals surface area contributed by atoms with Crippen LogP contribution in [0.1, 0.15) is 22.9 Å². The summed E-state index contributed by atoms with van der Waals surface area (Å²) in [5.74, 6) is 5.19. The summed E-state index contributed by atoms with van der Waals surface area (Å²) in [6.07, 6.45) is 1.62. The van der Waals surface area contributed by atoms with Gasteiger partial charge in [-0.1, -0.05) is 6.07 Å². The Labute approximate surface area is 96.6 Å². The molecule has 0 saturated carbocycles. The third-order valence-corrected chi connectivity index (χ3v) is 2.89. The quantitative estimate of drug-likeness (QED) is 0.629. The molecule has 84 valence electrons. The molecule has 3 N–H and O–H groups in total. The minimum absolute atomic E-state index is 0.288. The van der Waals surface area contributed by atoms with Gasteiger partial charge in [-0.15, -0.1) is 0 Å². The molecule has 6 heteroatoms. The Morgan fingerprint density at radius 1 is 1.50 bits per heavy atom. The fraction of sp³-hybridized carbons (Fsp3) is 0.200. The molecule has 1 unspecified atom stereocenters. The predicted octanol–water partition coefficient (Wildman–Crippen LogP) is 1.54.